The number of hydrogen-bond donors (Lipinski definition) is 1. The first-order valence-electron chi connectivity index (χ1n) is 5.68. The summed E-state index contributed by atoms with van der Waals surface area (Å²) in [5.41, 5.74) is 0.643. The Kier molecular flexibility index (Phi) is 4.12. The van der Waals surface area contributed by atoms with Crippen molar-refractivity contribution in [3.05, 3.63) is 64.1 Å². The molecule has 19 heavy (non-hydrogen) atoms. The van der Waals surface area contributed by atoms with Gasteiger partial charge >= 0.3 is 0 Å². The molecule has 2 aromatic carbocycles. The Balaban J connectivity index is 2.18. The number of phenols is 1. The van der Waals surface area contributed by atoms with E-state index in [0.717, 1.165) is 0 Å². The van der Waals surface area contributed by atoms with Crippen LogP contribution in [0, 0.1) is 0 Å². The summed E-state index contributed by atoms with van der Waals surface area (Å²) in [5.74, 6) is -0.772. The minimum atomic E-state index is -0.396. The predicted molar refractivity (Wildman–Crippen MR) is 75.5 cm³/mol. The molecule has 0 aliphatic carbocycles. The smallest absolute Gasteiger partial charge is 0.174 e. The maximum absolute atomic E-state index is 12.0. The Labute approximate surface area is 119 Å². The van der Waals surface area contributed by atoms with Gasteiger partial charge in [0.2, 0.25) is 0 Å². The highest BCUT2D eigenvalue weighted by Crippen LogP contribution is 2.23. The summed E-state index contributed by atoms with van der Waals surface area (Å²) in [4.78, 5) is 23.9. The average Bonchev–Trinajstić information content (AvgIpc) is 2.42. The van der Waals surface area contributed by atoms with Gasteiger partial charge in [-0.3, -0.25) is 9.59 Å². The molecule has 4 heteroatoms. The zero-order valence-electron chi connectivity index (χ0n) is 9.97. The van der Waals surface area contributed by atoms with Crippen molar-refractivity contribution in [3.8, 4) is 5.75 Å². The number of benzene rings is 2. The van der Waals surface area contributed by atoms with Crippen molar-refractivity contribution in [1.29, 1.82) is 0 Å². The molecule has 0 fully saturated rings. The first-order valence-corrected chi connectivity index (χ1v) is 6.47. The molecule has 0 radical (unpaired) electrons. The molecular formula is C15H11BrO3. The first kappa shape index (κ1) is 13.5. The van der Waals surface area contributed by atoms with Crippen LogP contribution in [0.2, 0.25) is 0 Å². The number of rotatable bonds is 4. The molecule has 1 N–H and O–H groups in total. The summed E-state index contributed by atoms with van der Waals surface area (Å²) in [6.45, 7) is 0. The molecule has 0 unspecified atom stereocenters. The van der Waals surface area contributed by atoms with Gasteiger partial charge in [0.15, 0.2) is 11.6 Å². The molecule has 0 heterocycles. The van der Waals surface area contributed by atoms with E-state index in [1.807, 2.05) is 0 Å². The second kappa shape index (κ2) is 5.80. The second-order valence-electron chi connectivity index (χ2n) is 4.05. The molecule has 0 aliphatic heterocycles. The lowest BCUT2D eigenvalue weighted by Crippen LogP contribution is -2.08. The van der Waals surface area contributed by atoms with Crippen molar-refractivity contribution in [2.75, 3.05) is 0 Å². The zero-order valence-corrected chi connectivity index (χ0v) is 11.6. The quantitative estimate of drug-likeness (QED) is 0.692. The van der Waals surface area contributed by atoms with Crippen LogP contribution < -0.4 is 0 Å². The lowest BCUT2D eigenvalue weighted by atomic mass is 10.0. The molecule has 0 saturated carbocycles. The van der Waals surface area contributed by atoms with Crippen LogP contribution in [-0.4, -0.2) is 16.7 Å². The Bertz CT molecular complexity index is 621. The van der Waals surface area contributed by atoms with Crippen LogP contribution in [0.4, 0.5) is 0 Å². The third-order valence-electron chi connectivity index (χ3n) is 2.68. The maximum atomic E-state index is 12.0. The van der Waals surface area contributed by atoms with Crippen LogP contribution in [0.5, 0.6) is 5.75 Å². The van der Waals surface area contributed by atoms with Crippen molar-refractivity contribution in [2.24, 2.45) is 0 Å². The van der Waals surface area contributed by atoms with E-state index in [0.29, 0.717) is 10.0 Å². The summed E-state index contributed by atoms with van der Waals surface area (Å²) in [7, 11) is 0. The Morgan fingerprint density at radius 3 is 2.37 bits per heavy atom. The maximum Gasteiger partial charge on any atom is 0.174 e. The lowest BCUT2D eigenvalue weighted by molar-refractivity contribution is 0.0893. The van der Waals surface area contributed by atoms with E-state index in [9.17, 15) is 14.7 Å². The summed E-state index contributed by atoms with van der Waals surface area (Å²) < 4.78 is 0.681. The van der Waals surface area contributed by atoms with E-state index in [1.54, 1.807) is 36.4 Å². The second-order valence-corrected chi connectivity index (χ2v) is 4.97. The molecule has 0 aromatic heterocycles. The molecule has 0 atom stereocenters. The van der Waals surface area contributed by atoms with Crippen LogP contribution in [0.15, 0.2) is 53.0 Å². The van der Waals surface area contributed by atoms with Gasteiger partial charge in [-0.05, 0) is 18.2 Å². The Morgan fingerprint density at radius 2 is 1.68 bits per heavy atom. The van der Waals surface area contributed by atoms with Gasteiger partial charge in [0, 0.05) is 10.0 Å². The number of Topliss-reactive ketones (excluding diaryl/α,β-unsaturated/α-hetero) is 2. The lowest BCUT2D eigenvalue weighted by Gasteiger charge is -2.04. The van der Waals surface area contributed by atoms with Gasteiger partial charge in [-0.1, -0.05) is 46.3 Å². The summed E-state index contributed by atoms with van der Waals surface area (Å²) in [5, 5.41) is 9.64. The number of ketones is 2. The van der Waals surface area contributed by atoms with Crippen LogP contribution in [-0.2, 0) is 0 Å². The van der Waals surface area contributed by atoms with Crippen molar-refractivity contribution in [3.63, 3.8) is 0 Å². The Morgan fingerprint density at radius 1 is 1.00 bits per heavy atom. The molecule has 0 spiro atoms. The number of hydrogen-bond acceptors (Lipinski definition) is 3. The fourth-order valence-electron chi connectivity index (χ4n) is 1.70. The van der Waals surface area contributed by atoms with Crippen LogP contribution >= 0.6 is 15.9 Å². The normalized spacial score (nSPS) is 10.2. The summed E-state index contributed by atoms with van der Waals surface area (Å²) in [6, 6.07) is 13.2. The van der Waals surface area contributed by atoms with Crippen molar-refractivity contribution in [1.82, 2.24) is 0 Å². The SMILES string of the molecule is O=C(CC(=O)c1cc(Br)ccc1O)c1ccccc1. The fraction of sp³-hybridized carbons (Fsp3) is 0.0667. The highest BCUT2D eigenvalue weighted by Gasteiger charge is 2.16. The average molecular weight is 319 g/mol. The standard InChI is InChI=1S/C15H11BrO3/c16-11-6-7-13(17)12(8-11)15(19)9-14(18)10-4-2-1-3-5-10/h1-8,17H,9H2. The largest absolute Gasteiger partial charge is 0.507 e. The van der Waals surface area contributed by atoms with E-state index in [2.05, 4.69) is 15.9 Å². The Hall–Kier alpha value is -1.94. The highest BCUT2D eigenvalue weighted by atomic mass is 79.9. The van der Waals surface area contributed by atoms with E-state index in [1.165, 1.54) is 12.1 Å². The summed E-state index contributed by atoms with van der Waals surface area (Å²) >= 11 is 3.23. The van der Waals surface area contributed by atoms with E-state index >= 15 is 0 Å². The van der Waals surface area contributed by atoms with Crippen LogP contribution in [0.3, 0.4) is 0 Å². The number of halogens is 1. The first-order chi connectivity index (χ1) is 9.08. The molecule has 0 saturated heterocycles. The fourth-order valence-corrected chi connectivity index (χ4v) is 2.06. The van der Waals surface area contributed by atoms with Crippen LogP contribution in [0.25, 0.3) is 0 Å². The summed E-state index contributed by atoms with van der Waals surface area (Å²) in [6.07, 6.45) is -0.256. The molecular weight excluding hydrogens is 308 g/mol. The third-order valence-corrected chi connectivity index (χ3v) is 3.17. The molecule has 2 rings (SSSR count). The molecule has 3 nitrogen and oxygen atoms in total. The molecule has 0 amide bonds. The minimum Gasteiger partial charge on any atom is -0.507 e. The van der Waals surface area contributed by atoms with E-state index < -0.39 is 5.78 Å². The number of aromatic hydroxyl groups is 1. The van der Waals surface area contributed by atoms with Gasteiger partial charge in [-0.25, -0.2) is 0 Å². The zero-order chi connectivity index (χ0) is 13.8. The highest BCUT2D eigenvalue weighted by molar-refractivity contribution is 9.10. The topological polar surface area (TPSA) is 54.4 Å². The molecule has 96 valence electrons. The van der Waals surface area contributed by atoms with E-state index in [4.69, 9.17) is 0 Å². The van der Waals surface area contributed by atoms with Gasteiger partial charge in [-0.2, -0.15) is 0 Å². The van der Waals surface area contributed by atoms with Gasteiger partial charge in [0.05, 0.1) is 12.0 Å². The predicted octanol–water partition coefficient (Wildman–Crippen LogP) is 3.61. The molecule has 2 aromatic rings. The third kappa shape index (κ3) is 3.29. The van der Waals surface area contributed by atoms with Gasteiger partial charge < -0.3 is 5.11 Å². The molecule has 0 aliphatic rings. The van der Waals surface area contributed by atoms with Crippen LogP contribution in [0.1, 0.15) is 27.1 Å². The number of carbonyl (C=O) groups is 2. The van der Waals surface area contributed by atoms with Crippen molar-refractivity contribution >= 4 is 27.5 Å². The van der Waals surface area contributed by atoms with Crippen molar-refractivity contribution in [2.45, 2.75) is 6.42 Å². The minimum absolute atomic E-state index is 0.117. The van der Waals surface area contributed by atoms with Gasteiger partial charge in [-0.15, -0.1) is 0 Å². The monoisotopic (exact) mass is 318 g/mol. The van der Waals surface area contributed by atoms with Gasteiger partial charge in [0.1, 0.15) is 5.75 Å². The number of carbonyl (C=O) groups excluding carboxylic acids is 2. The van der Waals surface area contributed by atoms with E-state index in [-0.39, 0.29) is 23.5 Å². The van der Waals surface area contributed by atoms with Crippen molar-refractivity contribution < 1.29 is 14.7 Å². The number of phenolic OH excluding ortho intramolecular Hbond substituents is 1. The van der Waals surface area contributed by atoms with Gasteiger partial charge in [0.25, 0.3) is 0 Å². The molecule has 0 bridgehead atoms.